The fourth-order valence-corrected chi connectivity index (χ4v) is 2.98. The molecule has 1 aliphatic heterocycles. The number of fused-ring (bicyclic) bond motifs is 1. The Balaban J connectivity index is 2.23. The third-order valence-corrected chi connectivity index (χ3v) is 4.41. The first-order valence-electron chi connectivity index (χ1n) is 8.41. The Labute approximate surface area is 151 Å². The maximum Gasteiger partial charge on any atom is 0.326 e. The van der Waals surface area contributed by atoms with E-state index in [2.05, 4.69) is 5.32 Å². The van der Waals surface area contributed by atoms with E-state index in [1.54, 1.807) is 23.1 Å². The van der Waals surface area contributed by atoms with Gasteiger partial charge < -0.3 is 20.2 Å². The van der Waals surface area contributed by atoms with Crippen molar-refractivity contribution in [3.8, 4) is 0 Å². The van der Waals surface area contributed by atoms with Gasteiger partial charge in [0.1, 0.15) is 6.04 Å². The molecule has 0 aliphatic carbocycles. The lowest BCUT2D eigenvalue weighted by Gasteiger charge is -2.27. The molecule has 8 nitrogen and oxygen atoms in total. The Hall–Kier alpha value is -2.90. The highest BCUT2D eigenvalue weighted by Crippen LogP contribution is 2.29. The third-order valence-electron chi connectivity index (χ3n) is 4.41. The van der Waals surface area contributed by atoms with Gasteiger partial charge in [-0.05, 0) is 37.1 Å². The zero-order valence-corrected chi connectivity index (χ0v) is 15.1. The Morgan fingerprint density at radius 3 is 2.54 bits per heavy atom. The predicted octanol–water partition coefficient (Wildman–Crippen LogP) is 0.647. The highest BCUT2D eigenvalue weighted by atomic mass is 16.4. The van der Waals surface area contributed by atoms with Crippen molar-refractivity contribution in [3.05, 3.63) is 29.3 Å². The standard InChI is InChI=1S/C18H23N3O5/c1-11(18(25)26)20(9-7-19-12(2)22)17(24)15-4-5-16-14(10-15)6-8-21(16)13(3)23/h4-5,10-11H,6-9H2,1-3H3,(H,19,22)(H,25,26). The fraction of sp³-hybridized carbons (Fsp3) is 0.444. The molecule has 3 amide bonds. The van der Waals surface area contributed by atoms with Crippen molar-refractivity contribution < 1.29 is 24.3 Å². The molecule has 1 unspecified atom stereocenters. The van der Waals surface area contributed by atoms with Gasteiger partial charge in [-0.3, -0.25) is 14.4 Å². The van der Waals surface area contributed by atoms with E-state index in [1.807, 2.05) is 0 Å². The first-order chi connectivity index (χ1) is 12.2. The van der Waals surface area contributed by atoms with Gasteiger partial charge in [0.2, 0.25) is 11.8 Å². The maximum atomic E-state index is 12.9. The number of benzene rings is 1. The zero-order chi connectivity index (χ0) is 19.4. The molecule has 0 saturated heterocycles. The van der Waals surface area contributed by atoms with Crippen molar-refractivity contribution >= 4 is 29.4 Å². The summed E-state index contributed by atoms with van der Waals surface area (Å²) in [5, 5.41) is 11.8. The number of carbonyl (C=O) groups excluding carboxylic acids is 3. The average molecular weight is 361 g/mol. The van der Waals surface area contributed by atoms with Crippen LogP contribution in [0.3, 0.4) is 0 Å². The first kappa shape index (κ1) is 19.4. The minimum absolute atomic E-state index is 0.0562. The molecule has 1 aromatic carbocycles. The summed E-state index contributed by atoms with van der Waals surface area (Å²) in [6, 6.07) is 4.00. The van der Waals surface area contributed by atoms with Crippen LogP contribution in [-0.2, 0) is 20.8 Å². The largest absolute Gasteiger partial charge is 0.480 e. The smallest absolute Gasteiger partial charge is 0.326 e. The molecule has 26 heavy (non-hydrogen) atoms. The van der Waals surface area contributed by atoms with E-state index in [4.69, 9.17) is 0 Å². The van der Waals surface area contributed by atoms with Crippen molar-refractivity contribution in [2.45, 2.75) is 33.2 Å². The monoisotopic (exact) mass is 361 g/mol. The molecule has 8 heteroatoms. The highest BCUT2D eigenvalue weighted by Gasteiger charge is 2.28. The molecule has 0 aromatic heterocycles. The number of hydrogen-bond acceptors (Lipinski definition) is 4. The normalized spacial score (nSPS) is 13.7. The quantitative estimate of drug-likeness (QED) is 0.773. The topological polar surface area (TPSA) is 107 Å². The average Bonchev–Trinajstić information content (AvgIpc) is 3.00. The van der Waals surface area contributed by atoms with Crippen molar-refractivity contribution in [1.82, 2.24) is 10.2 Å². The van der Waals surface area contributed by atoms with E-state index in [9.17, 15) is 24.3 Å². The number of amides is 3. The van der Waals surface area contributed by atoms with Crippen LogP contribution in [0.1, 0.15) is 36.7 Å². The SMILES string of the molecule is CC(=O)NCCN(C(=O)c1ccc2c(c1)CCN2C(C)=O)C(C)C(=O)O. The Bertz CT molecular complexity index is 746. The van der Waals surface area contributed by atoms with Crippen molar-refractivity contribution in [2.24, 2.45) is 0 Å². The number of hydrogen-bond donors (Lipinski definition) is 2. The number of carboxylic acid groups (broad SMARTS) is 1. The molecule has 1 heterocycles. The molecule has 0 bridgehead atoms. The number of carboxylic acids is 1. The Kier molecular flexibility index (Phi) is 5.97. The van der Waals surface area contributed by atoms with Crippen LogP contribution in [0.2, 0.25) is 0 Å². The van der Waals surface area contributed by atoms with Crippen LogP contribution in [0, 0.1) is 0 Å². The summed E-state index contributed by atoms with van der Waals surface area (Å²) in [6.07, 6.45) is 0.649. The van der Waals surface area contributed by atoms with Gasteiger partial charge in [0.15, 0.2) is 0 Å². The van der Waals surface area contributed by atoms with Gasteiger partial charge in [-0.1, -0.05) is 0 Å². The van der Waals surface area contributed by atoms with Crippen LogP contribution < -0.4 is 10.2 Å². The van der Waals surface area contributed by atoms with Crippen LogP contribution in [-0.4, -0.2) is 59.4 Å². The van der Waals surface area contributed by atoms with Crippen LogP contribution in [0.25, 0.3) is 0 Å². The molecular formula is C18H23N3O5. The molecule has 0 saturated carbocycles. The molecule has 140 valence electrons. The summed E-state index contributed by atoms with van der Waals surface area (Å²) in [4.78, 5) is 49.7. The van der Waals surface area contributed by atoms with Crippen LogP contribution in [0.5, 0.6) is 0 Å². The molecule has 1 aliphatic rings. The van der Waals surface area contributed by atoms with Crippen molar-refractivity contribution in [2.75, 3.05) is 24.5 Å². The number of nitrogens with zero attached hydrogens (tertiary/aromatic N) is 2. The van der Waals surface area contributed by atoms with Gasteiger partial charge in [-0.25, -0.2) is 4.79 Å². The number of nitrogens with one attached hydrogen (secondary N) is 1. The minimum Gasteiger partial charge on any atom is -0.480 e. The summed E-state index contributed by atoms with van der Waals surface area (Å²) in [6.45, 7) is 5.10. The van der Waals surface area contributed by atoms with Crippen LogP contribution in [0.15, 0.2) is 18.2 Å². The summed E-state index contributed by atoms with van der Waals surface area (Å²) < 4.78 is 0. The number of rotatable bonds is 6. The number of carbonyl (C=O) groups is 4. The second-order valence-corrected chi connectivity index (χ2v) is 6.26. The summed E-state index contributed by atoms with van der Waals surface area (Å²) in [7, 11) is 0. The molecule has 0 radical (unpaired) electrons. The summed E-state index contributed by atoms with van der Waals surface area (Å²) in [5.74, 6) is -1.85. The Morgan fingerprint density at radius 1 is 1.27 bits per heavy atom. The lowest BCUT2D eigenvalue weighted by Crippen LogP contribution is -2.46. The van der Waals surface area contributed by atoms with Crippen molar-refractivity contribution in [3.63, 3.8) is 0 Å². The van der Waals surface area contributed by atoms with E-state index in [0.29, 0.717) is 18.5 Å². The van der Waals surface area contributed by atoms with Crippen LogP contribution in [0.4, 0.5) is 5.69 Å². The molecule has 0 fully saturated rings. The van der Waals surface area contributed by atoms with E-state index < -0.39 is 17.9 Å². The van der Waals surface area contributed by atoms with E-state index in [-0.39, 0.29) is 24.9 Å². The van der Waals surface area contributed by atoms with Crippen molar-refractivity contribution in [1.29, 1.82) is 0 Å². The minimum atomic E-state index is -1.12. The molecule has 2 rings (SSSR count). The van der Waals surface area contributed by atoms with E-state index in [1.165, 1.54) is 25.7 Å². The van der Waals surface area contributed by atoms with E-state index in [0.717, 1.165) is 11.3 Å². The van der Waals surface area contributed by atoms with Gasteiger partial charge in [0.05, 0.1) is 0 Å². The second-order valence-electron chi connectivity index (χ2n) is 6.26. The van der Waals surface area contributed by atoms with Gasteiger partial charge in [0.25, 0.3) is 5.91 Å². The lowest BCUT2D eigenvalue weighted by molar-refractivity contribution is -0.141. The number of aliphatic carboxylic acids is 1. The van der Waals surface area contributed by atoms with Gasteiger partial charge in [-0.2, -0.15) is 0 Å². The molecule has 1 aromatic rings. The predicted molar refractivity (Wildman–Crippen MR) is 95.0 cm³/mol. The van der Waals surface area contributed by atoms with Gasteiger partial charge in [0, 0.05) is 44.7 Å². The third kappa shape index (κ3) is 4.19. The second kappa shape index (κ2) is 7.99. The molecule has 2 N–H and O–H groups in total. The Morgan fingerprint density at radius 2 is 1.96 bits per heavy atom. The molecular weight excluding hydrogens is 338 g/mol. The fourth-order valence-electron chi connectivity index (χ4n) is 2.98. The summed E-state index contributed by atoms with van der Waals surface area (Å²) >= 11 is 0. The van der Waals surface area contributed by atoms with E-state index >= 15 is 0 Å². The summed E-state index contributed by atoms with van der Waals surface area (Å²) in [5.41, 5.74) is 2.03. The highest BCUT2D eigenvalue weighted by molar-refractivity contribution is 5.99. The van der Waals surface area contributed by atoms with Gasteiger partial charge >= 0.3 is 5.97 Å². The molecule has 1 atom stereocenters. The zero-order valence-electron chi connectivity index (χ0n) is 15.1. The van der Waals surface area contributed by atoms with Crippen LogP contribution >= 0.6 is 0 Å². The lowest BCUT2D eigenvalue weighted by atomic mass is 10.1. The first-order valence-corrected chi connectivity index (χ1v) is 8.41. The molecule has 0 spiro atoms. The number of anilines is 1. The maximum absolute atomic E-state index is 12.9. The van der Waals surface area contributed by atoms with Gasteiger partial charge in [-0.15, -0.1) is 0 Å².